The van der Waals surface area contributed by atoms with Gasteiger partial charge in [-0.15, -0.1) is 12.4 Å². The summed E-state index contributed by atoms with van der Waals surface area (Å²) in [5.74, 6) is 1.09. The molecule has 1 fully saturated rings. The van der Waals surface area contributed by atoms with Crippen LogP contribution in [0.4, 0.5) is 0 Å². The summed E-state index contributed by atoms with van der Waals surface area (Å²) in [6.07, 6.45) is 0. The highest BCUT2D eigenvalue weighted by atomic mass is 35.5. The van der Waals surface area contributed by atoms with Gasteiger partial charge in [0.1, 0.15) is 6.04 Å². The molecule has 1 N–H and O–H groups in total. The van der Waals surface area contributed by atoms with Crippen molar-refractivity contribution in [1.82, 2.24) is 15.5 Å². The molecule has 0 saturated carbocycles. The monoisotopic (exact) mass is 301 g/mol. The maximum absolute atomic E-state index is 5.93. The molecular weight excluding hydrogens is 289 g/mol. The van der Waals surface area contributed by atoms with Crippen LogP contribution in [0.2, 0.25) is 5.02 Å². The second-order valence-corrected chi connectivity index (χ2v) is 4.48. The van der Waals surface area contributed by atoms with Gasteiger partial charge in [0.2, 0.25) is 11.7 Å². The van der Waals surface area contributed by atoms with Crippen molar-refractivity contribution in [2.75, 3.05) is 19.8 Å². The molecule has 1 aliphatic rings. The quantitative estimate of drug-likeness (QED) is 0.923. The normalized spacial score (nSPS) is 18.9. The van der Waals surface area contributed by atoms with Crippen molar-refractivity contribution in [3.63, 3.8) is 0 Å². The summed E-state index contributed by atoms with van der Waals surface area (Å²) in [5, 5.41) is 7.88. The molecule has 2 aromatic rings. The fourth-order valence-corrected chi connectivity index (χ4v) is 2.04. The zero-order chi connectivity index (χ0) is 12.4. The van der Waals surface area contributed by atoms with E-state index in [-0.39, 0.29) is 18.4 Å². The lowest BCUT2D eigenvalue weighted by molar-refractivity contribution is 0.0659. The Morgan fingerprint density at radius 3 is 3.00 bits per heavy atom. The van der Waals surface area contributed by atoms with Crippen LogP contribution in [0.15, 0.2) is 28.8 Å². The minimum atomic E-state index is -0.0285. The summed E-state index contributed by atoms with van der Waals surface area (Å²) in [6.45, 7) is 2.06. The molecule has 5 nitrogen and oxygen atoms in total. The molecule has 1 saturated heterocycles. The van der Waals surface area contributed by atoms with Gasteiger partial charge in [-0.3, -0.25) is 0 Å². The molecule has 0 bridgehead atoms. The fourth-order valence-electron chi connectivity index (χ4n) is 1.85. The molecule has 19 heavy (non-hydrogen) atoms. The van der Waals surface area contributed by atoms with Gasteiger partial charge in [0.25, 0.3) is 0 Å². The van der Waals surface area contributed by atoms with E-state index in [0.29, 0.717) is 30.0 Å². The molecule has 1 unspecified atom stereocenters. The summed E-state index contributed by atoms with van der Waals surface area (Å²) in [7, 11) is 0. The average molecular weight is 302 g/mol. The first kappa shape index (κ1) is 14.3. The SMILES string of the molecule is Cl.Clc1cccc(-c2noc(C3COCCN3)n2)c1. The van der Waals surface area contributed by atoms with E-state index in [1.54, 1.807) is 6.07 Å². The van der Waals surface area contributed by atoms with Crippen LogP contribution in [0, 0.1) is 0 Å². The molecule has 3 rings (SSSR count). The van der Waals surface area contributed by atoms with E-state index in [2.05, 4.69) is 15.5 Å². The number of ether oxygens (including phenoxy) is 1. The van der Waals surface area contributed by atoms with Crippen molar-refractivity contribution in [3.8, 4) is 11.4 Å². The van der Waals surface area contributed by atoms with Gasteiger partial charge in [-0.1, -0.05) is 28.9 Å². The summed E-state index contributed by atoms with van der Waals surface area (Å²) < 4.78 is 10.6. The zero-order valence-electron chi connectivity index (χ0n) is 10.0. The minimum Gasteiger partial charge on any atom is -0.378 e. The Kier molecular flexibility index (Phi) is 4.76. The highest BCUT2D eigenvalue weighted by molar-refractivity contribution is 6.30. The van der Waals surface area contributed by atoms with Crippen molar-refractivity contribution in [1.29, 1.82) is 0 Å². The summed E-state index contributed by atoms with van der Waals surface area (Å²) in [6, 6.07) is 7.34. The van der Waals surface area contributed by atoms with E-state index < -0.39 is 0 Å². The molecule has 0 amide bonds. The highest BCUT2D eigenvalue weighted by Gasteiger charge is 2.21. The Hall–Kier alpha value is -1.14. The van der Waals surface area contributed by atoms with Gasteiger partial charge >= 0.3 is 0 Å². The van der Waals surface area contributed by atoms with Crippen LogP contribution in [-0.2, 0) is 4.74 Å². The number of rotatable bonds is 2. The first-order valence-corrected chi connectivity index (χ1v) is 6.11. The Balaban J connectivity index is 0.00000133. The Labute approximate surface area is 121 Å². The van der Waals surface area contributed by atoms with E-state index in [0.717, 1.165) is 12.1 Å². The van der Waals surface area contributed by atoms with Crippen LogP contribution in [0.1, 0.15) is 11.9 Å². The van der Waals surface area contributed by atoms with Crippen molar-refractivity contribution in [2.45, 2.75) is 6.04 Å². The Morgan fingerprint density at radius 1 is 1.37 bits per heavy atom. The topological polar surface area (TPSA) is 60.2 Å². The lowest BCUT2D eigenvalue weighted by atomic mass is 10.2. The second-order valence-electron chi connectivity index (χ2n) is 4.05. The summed E-state index contributed by atoms with van der Waals surface area (Å²) in [5.41, 5.74) is 0.842. The first-order valence-electron chi connectivity index (χ1n) is 5.73. The lowest BCUT2D eigenvalue weighted by Gasteiger charge is -2.20. The van der Waals surface area contributed by atoms with Crippen LogP contribution >= 0.6 is 24.0 Å². The number of hydrogen-bond donors (Lipinski definition) is 1. The Morgan fingerprint density at radius 2 is 2.26 bits per heavy atom. The van der Waals surface area contributed by atoms with Gasteiger partial charge < -0.3 is 14.6 Å². The van der Waals surface area contributed by atoms with Gasteiger partial charge in [-0.25, -0.2) is 0 Å². The molecule has 1 aliphatic heterocycles. The largest absolute Gasteiger partial charge is 0.378 e. The number of nitrogens with one attached hydrogen (secondary N) is 1. The predicted octanol–water partition coefficient (Wildman–Crippen LogP) is 2.47. The fraction of sp³-hybridized carbons (Fsp3) is 0.333. The molecule has 0 aliphatic carbocycles. The van der Waals surface area contributed by atoms with Crippen molar-refractivity contribution >= 4 is 24.0 Å². The van der Waals surface area contributed by atoms with Crippen LogP contribution in [0.25, 0.3) is 11.4 Å². The average Bonchev–Trinajstić information content (AvgIpc) is 2.89. The second kappa shape index (κ2) is 6.34. The van der Waals surface area contributed by atoms with E-state index in [1.807, 2.05) is 18.2 Å². The molecule has 0 spiro atoms. The van der Waals surface area contributed by atoms with Crippen LogP contribution < -0.4 is 5.32 Å². The molecule has 7 heteroatoms. The number of nitrogens with zero attached hydrogens (tertiary/aromatic N) is 2. The number of benzene rings is 1. The van der Waals surface area contributed by atoms with E-state index in [4.69, 9.17) is 20.9 Å². The van der Waals surface area contributed by atoms with Crippen molar-refractivity contribution in [2.24, 2.45) is 0 Å². The van der Waals surface area contributed by atoms with E-state index >= 15 is 0 Å². The molecule has 2 heterocycles. The molecular formula is C12H13Cl2N3O2. The van der Waals surface area contributed by atoms with Gasteiger partial charge in [-0.2, -0.15) is 4.98 Å². The molecule has 0 radical (unpaired) electrons. The van der Waals surface area contributed by atoms with E-state index in [9.17, 15) is 0 Å². The third-order valence-corrected chi connectivity index (χ3v) is 2.98. The number of hydrogen-bond acceptors (Lipinski definition) is 5. The predicted molar refractivity (Wildman–Crippen MR) is 73.6 cm³/mol. The van der Waals surface area contributed by atoms with Gasteiger partial charge in [0.05, 0.1) is 13.2 Å². The van der Waals surface area contributed by atoms with Crippen molar-refractivity contribution < 1.29 is 9.26 Å². The third kappa shape index (κ3) is 3.25. The Bertz CT molecular complexity index is 541. The number of aromatic nitrogens is 2. The highest BCUT2D eigenvalue weighted by Crippen LogP contribution is 2.22. The first-order chi connectivity index (χ1) is 8.83. The maximum Gasteiger partial charge on any atom is 0.246 e. The maximum atomic E-state index is 5.93. The van der Waals surface area contributed by atoms with Crippen LogP contribution in [0.3, 0.4) is 0 Å². The lowest BCUT2D eigenvalue weighted by Crippen LogP contribution is -2.34. The minimum absolute atomic E-state index is 0. The number of morpholine rings is 1. The molecule has 1 atom stereocenters. The van der Waals surface area contributed by atoms with Crippen LogP contribution in [0.5, 0.6) is 0 Å². The number of halogens is 2. The smallest absolute Gasteiger partial charge is 0.246 e. The van der Waals surface area contributed by atoms with E-state index in [1.165, 1.54) is 0 Å². The zero-order valence-corrected chi connectivity index (χ0v) is 11.6. The standard InChI is InChI=1S/C12H12ClN3O2.ClH/c13-9-3-1-2-8(6-9)11-15-12(18-16-11)10-7-17-5-4-14-10;/h1-3,6,10,14H,4-5,7H2;1H. The van der Waals surface area contributed by atoms with Crippen molar-refractivity contribution in [3.05, 3.63) is 35.2 Å². The van der Waals surface area contributed by atoms with Gasteiger partial charge in [0, 0.05) is 17.1 Å². The van der Waals surface area contributed by atoms with Gasteiger partial charge in [-0.05, 0) is 12.1 Å². The third-order valence-electron chi connectivity index (χ3n) is 2.74. The summed E-state index contributed by atoms with van der Waals surface area (Å²) in [4.78, 5) is 4.37. The molecule has 102 valence electrons. The van der Waals surface area contributed by atoms with Gasteiger partial charge in [0.15, 0.2) is 0 Å². The summed E-state index contributed by atoms with van der Waals surface area (Å²) >= 11 is 5.93. The van der Waals surface area contributed by atoms with Crippen LogP contribution in [-0.4, -0.2) is 29.9 Å². The molecule has 1 aromatic carbocycles. The molecule has 1 aromatic heterocycles.